The lowest BCUT2D eigenvalue weighted by Crippen LogP contribution is -3.01. The molecule has 0 aliphatic heterocycles. The molecule has 14 heavy (non-hydrogen) atoms. The highest BCUT2D eigenvalue weighted by Crippen LogP contribution is 3.00. The van der Waals surface area contributed by atoms with Crippen LogP contribution < -0.4 is 0 Å². The standard InChI is InChI=1S/C11H11BrO2/c1-3(13)14-11-8-5-2-4-6(8)10(11,12)7(4)9(5)11/h4-9H,2H2,1H3. The van der Waals surface area contributed by atoms with Crippen molar-refractivity contribution >= 4 is 21.9 Å². The molecule has 2 nitrogen and oxygen atoms in total. The van der Waals surface area contributed by atoms with Crippen LogP contribution in [0.3, 0.4) is 0 Å². The predicted octanol–water partition coefficient (Wildman–Crippen LogP) is 1.58. The quantitative estimate of drug-likeness (QED) is 0.525. The number of hydrogen-bond donors (Lipinski definition) is 0. The summed E-state index contributed by atoms with van der Waals surface area (Å²) in [6, 6.07) is 0. The third kappa shape index (κ3) is 0.329. The maximum absolute atomic E-state index is 11.1. The summed E-state index contributed by atoms with van der Waals surface area (Å²) >= 11 is 3.88. The number of carbonyl (C=O) groups excluding carboxylic acids is 1. The minimum atomic E-state index is -0.0838. The van der Waals surface area contributed by atoms with Gasteiger partial charge in [-0.05, 0) is 30.1 Å². The lowest BCUT2D eigenvalue weighted by molar-refractivity contribution is -0.442. The molecule has 6 fully saturated rings. The molecule has 0 saturated heterocycles. The van der Waals surface area contributed by atoms with Crippen molar-refractivity contribution < 1.29 is 9.53 Å². The number of hydrogen-bond acceptors (Lipinski definition) is 2. The van der Waals surface area contributed by atoms with Crippen molar-refractivity contribution in [2.75, 3.05) is 0 Å². The summed E-state index contributed by atoms with van der Waals surface area (Å²) in [5.41, 5.74) is -0.0220. The Kier molecular flexibility index (Phi) is 0.785. The first-order valence-corrected chi connectivity index (χ1v) is 6.32. The lowest BCUT2D eigenvalue weighted by atomic mass is 9.17. The van der Waals surface area contributed by atoms with Gasteiger partial charge in [0.1, 0.15) is 5.60 Å². The van der Waals surface area contributed by atoms with Crippen LogP contribution in [0.4, 0.5) is 0 Å². The van der Waals surface area contributed by atoms with Crippen molar-refractivity contribution in [1.29, 1.82) is 0 Å². The molecule has 6 saturated carbocycles. The van der Waals surface area contributed by atoms with E-state index in [2.05, 4.69) is 15.9 Å². The van der Waals surface area contributed by atoms with E-state index in [0.717, 1.165) is 35.5 Å². The minimum Gasteiger partial charge on any atom is -0.457 e. The van der Waals surface area contributed by atoms with E-state index in [9.17, 15) is 4.79 Å². The maximum atomic E-state index is 11.1. The summed E-state index contributed by atoms with van der Waals surface area (Å²) in [5, 5.41) is 0. The topological polar surface area (TPSA) is 26.3 Å². The molecular weight excluding hydrogens is 244 g/mol. The van der Waals surface area contributed by atoms with Gasteiger partial charge in [-0.2, -0.15) is 0 Å². The van der Waals surface area contributed by atoms with Crippen molar-refractivity contribution in [3.8, 4) is 0 Å². The van der Waals surface area contributed by atoms with E-state index in [-0.39, 0.29) is 15.9 Å². The maximum Gasteiger partial charge on any atom is 0.303 e. The average molecular weight is 255 g/mol. The van der Waals surface area contributed by atoms with Crippen molar-refractivity contribution in [1.82, 2.24) is 0 Å². The van der Waals surface area contributed by atoms with Gasteiger partial charge in [0.2, 0.25) is 0 Å². The molecule has 74 valence electrons. The molecule has 0 spiro atoms. The normalized spacial score (nSPS) is 77.9. The second kappa shape index (κ2) is 1.51. The van der Waals surface area contributed by atoms with E-state index in [1.165, 1.54) is 6.42 Å². The Morgan fingerprint density at radius 3 is 2.43 bits per heavy atom. The fourth-order valence-corrected chi connectivity index (χ4v) is 8.09. The SMILES string of the molecule is CC(=O)OC12C3C4CC5C3C1(Br)C5C42. The summed E-state index contributed by atoms with van der Waals surface area (Å²) in [5.74, 6) is 5.04. The second-order valence-corrected chi connectivity index (χ2v) is 7.13. The predicted molar refractivity (Wildman–Crippen MR) is 51.7 cm³/mol. The van der Waals surface area contributed by atoms with Crippen molar-refractivity contribution in [2.24, 2.45) is 35.5 Å². The van der Waals surface area contributed by atoms with Gasteiger partial charge in [-0.15, -0.1) is 0 Å². The summed E-state index contributed by atoms with van der Waals surface area (Å²) in [6.45, 7) is 1.55. The zero-order chi connectivity index (χ0) is 9.46. The summed E-state index contributed by atoms with van der Waals surface area (Å²) < 4.78 is 5.90. The Bertz CT molecular complexity index is 384. The number of rotatable bonds is 1. The molecule has 0 aromatic carbocycles. The van der Waals surface area contributed by atoms with Crippen LogP contribution in [-0.4, -0.2) is 15.9 Å². The van der Waals surface area contributed by atoms with E-state index in [4.69, 9.17) is 4.74 Å². The third-order valence-corrected chi connectivity index (χ3v) is 7.71. The van der Waals surface area contributed by atoms with Crippen LogP contribution in [0.1, 0.15) is 13.3 Å². The number of halogens is 1. The summed E-state index contributed by atoms with van der Waals surface area (Å²) in [7, 11) is 0. The molecule has 0 amide bonds. The molecule has 0 aromatic rings. The number of alkyl halides is 1. The monoisotopic (exact) mass is 254 g/mol. The molecule has 3 heteroatoms. The van der Waals surface area contributed by atoms with Crippen LogP contribution in [0.15, 0.2) is 0 Å². The average Bonchev–Trinajstić information content (AvgIpc) is 2.50. The zero-order valence-electron chi connectivity index (χ0n) is 7.87. The van der Waals surface area contributed by atoms with Gasteiger partial charge in [0.15, 0.2) is 0 Å². The van der Waals surface area contributed by atoms with Crippen LogP contribution >= 0.6 is 15.9 Å². The van der Waals surface area contributed by atoms with Crippen LogP contribution in [0.5, 0.6) is 0 Å². The molecule has 6 aliphatic rings. The fourth-order valence-electron chi connectivity index (χ4n) is 6.23. The van der Waals surface area contributed by atoms with Gasteiger partial charge in [0.25, 0.3) is 0 Å². The molecular formula is C11H11BrO2. The first-order chi connectivity index (χ1) is 6.64. The highest BCUT2D eigenvalue weighted by molar-refractivity contribution is 9.10. The van der Waals surface area contributed by atoms with Crippen molar-refractivity contribution in [3.05, 3.63) is 0 Å². The zero-order valence-corrected chi connectivity index (χ0v) is 9.45. The fraction of sp³-hybridized carbons (Fsp3) is 0.909. The Morgan fingerprint density at radius 2 is 1.86 bits per heavy atom. The highest BCUT2D eigenvalue weighted by Gasteiger charge is 3.06. The molecule has 4 unspecified atom stereocenters. The third-order valence-electron chi connectivity index (χ3n) is 6.04. The van der Waals surface area contributed by atoms with Gasteiger partial charge < -0.3 is 4.74 Å². The molecule has 6 aliphatic carbocycles. The van der Waals surface area contributed by atoms with Gasteiger partial charge in [-0.3, -0.25) is 4.79 Å². The van der Waals surface area contributed by atoms with Crippen LogP contribution in [0.2, 0.25) is 0 Å². The largest absolute Gasteiger partial charge is 0.457 e. The van der Waals surface area contributed by atoms with Gasteiger partial charge >= 0.3 is 5.97 Å². The van der Waals surface area contributed by atoms with Crippen molar-refractivity contribution in [3.63, 3.8) is 0 Å². The molecule has 0 radical (unpaired) electrons. The van der Waals surface area contributed by atoms with Gasteiger partial charge in [0, 0.05) is 18.8 Å². The highest BCUT2D eigenvalue weighted by atomic mass is 79.9. The Labute approximate surface area is 90.5 Å². The van der Waals surface area contributed by atoms with Crippen LogP contribution in [0, 0.1) is 35.5 Å². The molecule has 0 aromatic heterocycles. The number of ether oxygens (including phenoxy) is 1. The van der Waals surface area contributed by atoms with Gasteiger partial charge in [0.05, 0.1) is 4.32 Å². The number of carbonyl (C=O) groups is 1. The van der Waals surface area contributed by atoms with Crippen LogP contribution in [0.25, 0.3) is 0 Å². The molecule has 0 heterocycles. The molecule has 4 atom stereocenters. The van der Waals surface area contributed by atoms with Gasteiger partial charge in [-0.1, -0.05) is 15.9 Å². The molecule has 0 N–H and O–H groups in total. The first-order valence-electron chi connectivity index (χ1n) is 5.52. The van der Waals surface area contributed by atoms with Crippen LogP contribution in [-0.2, 0) is 9.53 Å². The van der Waals surface area contributed by atoms with E-state index in [1.54, 1.807) is 6.92 Å². The molecule has 2 bridgehead atoms. The summed E-state index contributed by atoms with van der Waals surface area (Å²) in [4.78, 5) is 11.1. The number of esters is 1. The van der Waals surface area contributed by atoms with E-state index >= 15 is 0 Å². The Morgan fingerprint density at radius 1 is 1.29 bits per heavy atom. The lowest BCUT2D eigenvalue weighted by Gasteiger charge is -2.93. The van der Waals surface area contributed by atoms with Gasteiger partial charge in [-0.25, -0.2) is 0 Å². The van der Waals surface area contributed by atoms with E-state index in [1.807, 2.05) is 0 Å². The smallest absolute Gasteiger partial charge is 0.303 e. The van der Waals surface area contributed by atoms with E-state index < -0.39 is 0 Å². The summed E-state index contributed by atoms with van der Waals surface area (Å²) in [6.07, 6.45) is 1.43. The first kappa shape index (κ1) is 7.26. The minimum absolute atomic E-state index is 0.0220. The Balaban J connectivity index is 1.65. The van der Waals surface area contributed by atoms with Crippen molar-refractivity contribution in [2.45, 2.75) is 23.3 Å². The molecule has 6 rings (SSSR count). The Hall–Kier alpha value is -0.0500. The van der Waals surface area contributed by atoms with E-state index in [0.29, 0.717) is 0 Å². The second-order valence-electron chi connectivity index (χ2n) is 5.82.